The molecule has 0 radical (unpaired) electrons. The summed E-state index contributed by atoms with van der Waals surface area (Å²) < 4.78 is 14.8. The molecule has 36 heteroatoms. The number of halogens is 3. The molecule has 131 heavy (non-hydrogen) atoms. The number of nitro groups is 1. The largest absolute Gasteiger partial charge is 0.677 e. The molecule has 0 bridgehead atoms. The third-order valence-corrected chi connectivity index (χ3v) is 18.2. The van der Waals surface area contributed by atoms with Gasteiger partial charge in [0.1, 0.15) is 19.8 Å². The van der Waals surface area contributed by atoms with Gasteiger partial charge in [-0.15, -0.1) is 0 Å². The van der Waals surface area contributed by atoms with Crippen molar-refractivity contribution in [2.24, 2.45) is 0 Å². The van der Waals surface area contributed by atoms with Crippen molar-refractivity contribution in [3.8, 4) is 0 Å². The average Bonchev–Trinajstić information content (AvgIpc) is 0.754. The topological polar surface area (TPSA) is 492 Å². The number of aliphatic carboxylic acids is 3. The Labute approximate surface area is 815 Å². The van der Waals surface area contributed by atoms with Crippen molar-refractivity contribution >= 4 is 174 Å². The van der Waals surface area contributed by atoms with Gasteiger partial charge in [-0.25, -0.2) is 15.0 Å². The third-order valence-electron chi connectivity index (χ3n) is 18.2. The van der Waals surface area contributed by atoms with Crippen LogP contribution in [0.3, 0.4) is 0 Å². The number of hydrogen-bond acceptors (Lipinski definition) is 14. The molecule has 11 rings (SSSR count). The molecule has 3 heterocycles. The summed E-state index contributed by atoms with van der Waals surface area (Å²) in [4.78, 5) is 96.6. The van der Waals surface area contributed by atoms with Crippen molar-refractivity contribution in [2.75, 3.05) is 99.9 Å². The number of fused-ring (bicyclic) bond motifs is 10. The number of aromatic nitrogens is 3. The second-order valence-corrected chi connectivity index (χ2v) is 28.8. The summed E-state index contributed by atoms with van der Waals surface area (Å²) in [5.74, 6) is -5.52. The van der Waals surface area contributed by atoms with Crippen molar-refractivity contribution in [3.05, 3.63) is 241 Å². The molecule has 8 aromatic carbocycles. The zero-order valence-electron chi connectivity index (χ0n) is 75.7. The summed E-state index contributed by atoms with van der Waals surface area (Å²) in [5.41, 5.74) is 47.6. The van der Waals surface area contributed by atoms with E-state index in [1.165, 1.54) is 36.5 Å². The number of nitrogens with one attached hydrogen (secondary N) is 6. The summed E-state index contributed by atoms with van der Waals surface area (Å²) >= 11 is 4.83. The number of para-hydroxylation sites is 3. The van der Waals surface area contributed by atoms with Gasteiger partial charge in [0.25, 0.3) is 5.69 Å². The van der Waals surface area contributed by atoms with Gasteiger partial charge in [-0.3, -0.25) is 38.9 Å². The van der Waals surface area contributed by atoms with Crippen molar-refractivity contribution in [3.63, 3.8) is 0 Å². The normalized spacial score (nSPS) is 10.0. The number of ether oxygens (including phenoxy) is 3. The van der Waals surface area contributed by atoms with Crippen molar-refractivity contribution in [1.82, 2.24) is 29.7 Å². The van der Waals surface area contributed by atoms with E-state index in [1.54, 1.807) is 104 Å². The van der Waals surface area contributed by atoms with E-state index >= 15 is 0 Å². The maximum atomic E-state index is 11.6. The summed E-state index contributed by atoms with van der Waals surface area (Å²) in [6.07, 6.45) is 8.59. The smallest absolute Gasteiger partial charge is 0.0916 e. The summed E-state index contributed by atoms with van der Waals surface area (Å²) in [5, 5.41) is 78.3. The zero-order valence-corrected chi connectivity index (χ0v) is 84.8. The fourth-order valence-electron chi connectivity index (χ4n) is 12.0. The molecule has 0 amide bonds. The Kier molecular flexibility index (Phi) is 68.8. The number of carboxylic acid groups (broad SMARTS) is 3. The average molecular weight is 2400 g/mol. The minimum absolute atomic E-state index is 0.0106. The molecule has 3 aromatic heterocycles. The van der Waals surface area contributed by atoms with E-state index in [9.17, 15) is 55.1 Å². The summed E-state index contributed by atoms with van der Waals surface area (Å²) in [6, 6.07) is 53.4. The quantitative estimate of drug-likeness (QED) is 0.00493. The molecular formula is C95H123Cl3N16O14Pt3-9. The molecule has 0 aliphatic rings. The van der Waals surface area contributed by atoms with Crippen molar-refractivity contribution < 1.29 is 120 Å². The van der Waals surface area contributed by atoms with E-state index in [0.29, 0.717) is 82.6 Å². The van der Waals surface area contributed by atoms with E-state index in [4.69, 9.17) is 78.9 Å². The van der Waals surface area contributed by atoms with Crippen LogP contribution in [0, 0.1) is 10.1 Å². The molecule has 11 aromatic rings. The number of pyridine rings is 3. The van der Waals surface area contributed by atoms with E-state index in [-0.39, 0.29) is 81.5 Å². The van der Waals surface area contributed by atoms with Gasteiger partial charge in [-0.1, -0.05) is 266 Å². The number of aryl methyl sites for hydroxylation is 3. The Hall–Kier alpha value is -9.39. The molecule has 0 spiro atoms. The molecule has 0 unspecified atom stereocenters. The van der Waals surface area contributed by atoms with Gasteiger partial charge in [-0.05, 0) is 90.3 Å². The number of non-ortho nitro benzene ring substituents is 1. The summed E-state index contributed by atoms with van der Waals surface area (Å²) in [6.45, 7) is 15.8. The molecule has 0 aliphatic heterocycles. The minimum Gasteiger partial charge on any atom is -0.677 e. The molecule has 30 nitrogen and oxygen atoms in total. The number of likely N-dealkylation sites (N-methyl/N-ethyl adjacent to an activating group) is 3. The third kappa shape index (κ3) is 46.7. The van der Waals surface area contributed by atoms with Gasteiger partial charge >= 0.3 is 120 Å². The van der Waals surface area contributed by atoms with Crippen LogP contribution in [-0.2, 0) is 119 Å². The van der Waals surface area contributed by atoms with Crippen LogP contribution < -0.4 is 0 Å². The maximum Gasteiger partial charge on any atom is -0.0916 e. The second kappa shape index (κ2) is 74.1. The van der Waals surface area contributed by atoms with Crippen LogP contribution in [-0.4, -0.2) is 203 Å². The van der Waals surface area contributed by atoms with Gasteiger partial charge in [-0.2, -0.15) is 39.3 Å². The number of nitro benzene ring substituents is 1. The van der Waals surface area contributed by atoms with Crippen molar-refractivity contribution in [2.45, 2.75) is 157 Å². The van der Waals surface area contributed by atoms with Crippen molar-refractivity contribution in [1.29, 1.82) is 0 Å². The molecule has 0 saturated carbocycles. The molecule has 9 N–H and O–H groups in total. The standard InChI is InChI=1S/C27H25N4O6.C27H26N3O4.C23H24N3O4.3C3H8N2.3C3H8.3ClH.3Pt/c1-30(24(28)16-37-26(34)13-12-25(32)33)14-4-7-20-21-10-8-17-5-2-3-6-19(17)27(21)29-23-11-9-18(31(35)36)15-22(20)23;1-30(24(28)17-34-26(33)15-14-25(31)32)16-6-10-20-21-9-4-5-11-23(21)29-27-19-8-3-2-7-18(19)12-13-22(20)27;1-26(21(24)15-30-23(29)13-12-22(27)28)14-6-9-16-17-7-2-4-10-19(17)25-20-11-5-3-8-18(16)20;3*4-2-1-3-5;3*1-3-2;;;;;;/h2-3,5-6,8-11,15H,4,7,12-14,16H2,1H3,(H,32,33);2-5,7-9,11-13H,6,10,14-17H2,1H3,(H,31,32);2-5,7-8,10-11H,6,9,12-15H2,1H3,(H,27,28);3*4-5H,1-3H2;3*3H2,1-2H3;3*1H;;;/q3*-1;3*-2;;;;;;;3*+1/p-3. The first-order chi connectivity index (χ1) is 63.1. The number of carbonyl (C=O) groups is 6. The van der Waals surface area contributed by atoms with Crippen LogP contribution >= 0.6 is 28.3 Å². The van der Waals surface area contributed by atoms with Crippen LogP contribution in [0.5, 0.6) is 0 Å². The number of amidine groups is 3. The van der Waals surface area contributed by atoms with E-state index < -0.39 is 40.7 Å². The number of carboxylic acids is 3. The predicted octanol–water partition coefficient (Wildman–Crippen LogP) is 23.9. The first kappa shape index (κ1) is 122. The molecule has 0 saturated heterocycles. The minimum atomic E-state index is -1.10. The SMILES string of the molecule is CCC.CCC.CCC.CN(CCCc1c2cc([N+](=O)[O-])ccc2nc2c1ccc1ccccc12)C(=[N-])COC(=O)CCC(=O)O.CN(CCCc1c2ccccc2nc2c1ccc1ccccc12)C(=[N-])COC(=O)CCC(=O)O.CN(CCCc1c2ccccc2nc2ccccc12)C(=[N-])COC(=O)CCC(=O)O.[Cl][Pt].[Cl][Pt].[Cl][Pt].[NH-]CCC[NH-].[NH-]CCC[NH-].[NH-]CCC[NH-]. The number of carbonyl (C=O) groups excluding carboxylic acids is 3. The van der Waals surface area contributed by atoms with Gasteiger partial charge in [0, 0.05) is 55.2 Å². The number of nitrogens with zero attached hydrogens (tertiary/aromatic N) is 10. The maximum absolute atomic E-state index is 11.6. The van der Waals surface area contributed by atoms with E-state index in [1.807, 2.05) is 103 Å². The number of benzene rings is 8. The first-order valence-corrected chi connectivity index (χ1v) is 51.0. The van der Waals surface area contributed by atoms with Crippen LogP contribution in [0.25, 0.3) is 138 Å². The zero-order chi connectivity index (χ0) is 98.6. The Bertz CT molecular complexity index is 5190. The van der Waals surface area contributed by atoms with Gasteiger partial charge in [0.2, 0.25) is 0 Å². The second-order valence-electron chi connectivity index (χ2n) is 28.8. The monoisotopic (exact) mass is 2400 g/mol. The van der Waals surface area contributed by atoms with Crippen LogP contribution in [0.2, 0.25) is 0 Å². The molecule has 0 aliphatic carbocycles. The van der Waals surface area contributed by atoms with E-state index in [2.05, 4.69) is 112 Å². The number of esters is 3. The van der Waals surface area contributed by atoms with E-state index in [0.717, 1.165) is 127 Å². The Morgan fingerprint density at radius 2 is 0.626 bits per heavy atom. The fourth-order valence-corrected chi connectivity index (χ4v) is 12.0. The van der Waals surface area contributed by atoms with Gasteiger partial charge in [0.05, 0.1) is 76.5 Å². The Morgan fingerprint density at radius 3 is 0.908 bits per heavy atom. The molecule has 727 valence electrons. The molecule has 0 atom stereocenters. The van der Waals surface area contributed by atoms with Gasteiger partial charge < -0.3 is 94.9 Å². The number of rotatable bonds is 34. The molecular weight excluding hydrogens is 2280 g/mol. The van der Waals surface area contributed by atoms with Crippen LogP contribution in [0.15, 0.2) is 164 Å². The Morgan fingerprint density at radius 1 is 0.366 bits per heavy atom. The molecule has 0 fully saturated rings. The predicted molar refractivity (Wildman–Crippen MR) is 525 cm³/mol. The van der Waals surface area contributed by atoms with Gasteiger partial charge in [0.15, 0.2) is 0 Å². The summed E-state index contributed by atoms with van der Waals surface area (Å²) in [7, 11) is 18.9. The number of hydrogen-bond donors (Lipinski definition) is 3. The van der Waals surface area contributed by atoms with Crippen LogP contribution in [0.1, 0.15) is 155 Å². The van der Waals surface area contributed by atoms with Crippen LogP contribution in [0.4, 0.5) is 5.69 Å². The first-order valence-electron chi connectivity index (χ1n) is 42.6. The fraction of sp³-hybridized carbons (Fsp3) is 0.411. The Balaban J connectivity index is 0.00000168.